The van der Waals surface area contributed by atoms with E-state index >= 15 is 0 Å². The first kappa shape index (κ1) is 20.0. The summed E-state index contributed by atoms with van der Waals surface area (Å²) in [6, 6.07) is 12.2. The van der Waals surface area contributed by atoms with Crippen LogP contribution in [0.3, 0.4) is 0 Å². The summed E-state index contributed by atoms with van der Waals surface area (Å²) in [5.74, 6) is -1.77. The molecular weight excluding hydrogens is 384 g/mol. The van der Waals surface area contributed by atoms with Crippen molar-refractivity contribution in [2.45, 2.75) is 37.6 Å². The molecule has 0 saturated heterocycles. The first-order valence-electron chi connectivity index (χ1n) is 8.66. The normalized spacial score (nSPS) is 12.2. The van der Waals surface area contributed by atoms with Gasteiger partial charge in [0.25, 0.3) is 10.0 Å². The van der Waals surface area contributed by atoms with Gasteiger partial charge < -0.3 is 0 Å². The zero-order valence-electron chi connectivity index (χ0n) is 15.8. The van der Waals surface area contributed by atoms with Crippen LogP contribution in [0.4, 0.5) is 14.5 Å². The SMILES string of the molecule is CC(C)(C)c1nn(Cc2ccccc2)cc1S(=O)(=O)Nc1ccc(F)cc1F. The number of nitrogens with zero attached hydrogens (tertiary/aromatic N) is 2. The molecule has 148 valence electrons. The Labute approximate surface area is 163 Å². The van der Waals surface area contributed by atoms with Crippen LogP contribution in [0.15, 0.2) is 59.6 Å². The van der Waals surface area contributed by atoms with E-state index in [9.17, 15) is 17.2 Å². The van der Waals surface area contributed by atoms with E-state index in [0.717, 1.165) is 17.7 Å². The molecule has 2 aromatic carbocycles. The number of rotatable bonds is 5. The summed E-state index contributed by atoms with van der Waals surface area (Å²) in [5, 5.41) is 4.46. The molecule has 3 aromatic rings. The van der Waals surface area contributed by atoms with Gasteiger partial charge in [0.2, 0.25) is 0 Å². The molecule has 1 aromatic heterocycles. The molecule has 0 aliphatic heterocycles. The van der Waals surface area contributed by atoms with Crippen LogP contribution in [0.2, 0.25) is 0 Å². The molecule has 0 atom stereocenters. The maximum atomic E-state index is 13.9. The van der Waals surface area contributed by atoms with Gasteiger partial charge in [-0.05, 0) is 17.7 Å². The maximum Gasteiger partial charge on any atom is 0.265 e. The molecule has 0 saturated carbocycles. The van der Waals surface area contributed by atoms with Crippen molar-refractivity contribution in [3.8, 4) is 0 Å². The number of aromatic nitrogens is 2. The summed E-state index contributed by atoms with van der Waals surface area (Å²) < 4.78 is 56.7. The van der Waals surface area contributed by atoms with Crippen LogP contribution in [-0.2, 0) is 22.0 Å². The molecule has 0 radical (unpaired) electrons. The van der Waals surface area contributed by atoms with E-state index in [1.807, 2.05) is 51.1 Å². The summed E-state index contributed by atoms with van der Waals surface area (Å²) in [6.45, 7) is 5.93. The molecule has 0 aliphatic carbocycles. The number of benzene rings is 2. The summed E-state index contributed by atoms with van der Waals surface area (Å²) in [6.07, 6.45) is 1.43. The standard InChI is InChI=1S/C20H21F2N3O2S/c1-20(2,3)19-18(13-25(23-19)12-14-7-5-4-6-8-14)28(26,27)24-17-10-9-15(21)11-16(17)22/h4-11,13,24H,12H2,1-3H3. The average molecular weight is 405 g/mol. The van der Waals surface area contributed by atoms with E-state index in [1.165, 1.54) is 6.20 Å². The quantitative estimate of drug-likeness (QED) is 0.688. The summed E-state index contributed by atoms with van der Waals surface area (Å²) in [4.78, 5) is -0.0420. The Morgan fingerprint density at radius 1 is 1.07 bits per heavy atom. The fourth-order valence-corrected chi connectivity index (χ4v) is 4.17. The van der Waals surface area contributed by atoms with Gasteiger partial charge in [-0.1, -0.05) is 51.1 Å². The highest BCUT2D eigenvalue weighted by Crippen LogP contribution is 2.29. The van der Waals surface area contributed by atoms with Crippen molar-refractivity contribution in [1.29, 1.82) is 0 Å². The van der Waals surface area contributed by atoms with E-state index in [2.05, 4.69) is 9.82 Å². The molecule has 0 unspecified atom stereocenters. The molecule has 8 heteroatoms. The molecule has 28 heavy (non-hydrogen) atoms. The van der Waals surface area contributed by atoms with E-state index in [1.54, 1.807) is 4.68 Å². The highest BCUT2D eigenvalue weighted by molar-refractivity contribution is 7.92. The van der Waals surface area contributed by atoms with Gasteiger partial charge in [0, 0.05) is 17.7 Å². The van der Waals surface area contributed by atoms with Gasteiger partial charge in [0.15, 0.2) is 0 Å². The minimum atomic E-state index is -4.13. The molecule has 0 bridgehead atoms. The van der Waals surface area contributed by atoms with E-state index in [4.69, 9.17) is 0 Å². The van der Waals surface area contributed by atoms with Crippen molar-refractivity contribution in [1.82, 2.24) is 9.78 Å². The fourth-order valence-electron chi connectivity index (χ4n) is 2.74. The van der Waals surface area contributed by atoms with Crippen molar-refractivity contribution < 1.29 is 17.2 Å². The van der Waals surface area contributed by atoms with Gasteiger partial charge >= 0.3 is 0 Å². The van der Waals surface area contributed by atoms with Gasteiger partial charge in [-0.25, -0.2) is 17.2 Å². The van der Waals surface area contributed by atoms with Crippen LogP contribution >= 0.6 is 0 Å². The largest absolute Gasteiger partial charge is 0.277 e. The van der Waals surface area contributed by atoms with Gasteiger partial charge in [0.05, 0.1) is 17.9 Å². The smallest absolute Gasteiger partial charge is 0.265 e. The van der Waals surface area contributed by atoms with Crippen LogP contribution < -0.4 is 4.72 Å². The second-order valence-corrected chi connectivity index (χ2v) is 9.16. The zero-order valence-corrected chi connectivity index (χ0v) is 16.6. The number of sulfonamides is 1. The van der Waals surface area contributed by atoms with E-state index < -0.39 is 27.1 Å². The molecule has 0 amide bonds. The third-order valence-corrected chi connectivity index (χ3v) is 5.46. The summed E-state index contributed by atoms with van der Waals surface area (Å²) in [5.41, 5.74) is 0.440. The summed E-state index contributed by atoms with van der Waals surface area (Å²) in [7, 11) is -4.13. The highest BCUT2D eigenvalue weighted by Gasteiger charge is 2.30. The third-order valence-electron chi connectivity index (χ3n) is 4.09. The van der Waals surface area contributed by atoms with Crippen molar-refractivity contribution in [2.24, 2.45) is 0 Å². The first-order chi connectivity index (χ1) is 13.1. The number of hydrogen-bond donors (Lipinski definition) is 1. The predicted molar refractivity (Wildman–Crippen MR) is 104 cm³/mol. The van der Waals surface area contributed by atoms with Crippen LogP contribution in [0.5, 0.6) is 0 Å². The molecule has 1 heterocycles. The minimum Gasteiger partial charge on any atom is -0.277 e. The Morgan fingerprint density at radius 3 is 2.36 bits per heavy atom. The van der Waals surface area contributed by atoms with Crippen LogP contribution in [0.1, 0.15) is 32.0 Å². The molecule has 0 spiro atoms. The Balaban J connectivity index is 2.01. The maximum absolute atomic E-state index is 13.9. The second-order valence-electron chi connectivity index (χ2n) is 7.50. The molecule has 5 nitrogen and oxygen atoms in total. The lowest BCUT2D eigenvalue weighted by Crippen LogP contribution is -2.20. The fraction of sp³-hybridized carbons (Fsp3) is 0.250. The number of anilines is 1. The Hall–Kier alpha value is -2.74. The molecule has 0 aliphatic rings. The number of hydrogen-bond acceptors (Lipinski definition) is 3. The van der Waals surface area contributed by atoms with Crippen molar-refractivity contribution in [2.75, 3.05) is 4.72 Å². The average Bonchev–Trinajstić information content (AvgIpc) is 3.04. The minimum absolute atomic E-state index is 0.0420. The predicted octanol–water partition coefficient (Wildman–Crippen LogP) is 4.31. The van der Waals surface area contributed by atoms with Gasteiger partial charge in [-0.2, -0.15) is 5.10 Å². The van der Waals surface area contributed by atoms with E-state index in [0.29, 0.717) is 18.3 Å². The number of nitrogens with one attached hydrogen (secondary N) is 1. The van der Waals surface area contributed by atoms with Crippen molar-refractivity contribution in [3.05, 3.63) is 77.6 Å². The number of halogens is 2. The highest BCUT2D eigenvalue weighted by atomic mass is 32.2. The molecule has 1 N–H and O–H groups in total. The second kappa shape index (κ2) is 7.35. The van der Waals surface area contributed by atoms with Crippen molar-refractivity contribution in [3.63, 3.8) is 0 Å². The zero-order chi connectivity index (χ0) is 20.5. The Bertz CT molecular complexity index is 1090. The van der Waals surface area contributed by atoms with Gasteiger partial charge in [0.1, 0.15) is 16.5 Å². The van der Waals surface area contributed by atoms with Crippen molar-refractivity contribution >= 4 is 15.7 Å². The lowest BCUT2D eigenvalue weighted by molar-refractivity contribution is 0.533. The van der Waals surface area contributed by atoms with Gasteiger partial charge in [-0.15, -0.1) is 0 Å². The van der Waals surface area contributed by atoms with Gasteiger partial charge in [-0.3, -0.25) is 9.40 Å². The molecule has 3 rings (SSSR count). The lowest BCUT2D eigenvalue weighted by Gasteiger charge is -2.18. The van der Waals surface area contributed by atoms with Crippen LogP contribution in [0, 0.1) is 11.6 Å². The summed E-state index contributed by atoms with van der Waals surface area (Å²) >= 11 is 0. The van der Waals surface area contributed by atoms with Crippen LogP contribution in [0.25, 0.3) is 0 Å². The molecular formula is C20H21F2N3O2S. The molecule has 0 fully saturated rings. The Morgan fingerprint density at radius 2 is 1.75 bits per heavy atom. The third kappa shape index (κ3) is 4.39. The topological polar surface area (TPSA) is 64.0 Å². The Kier molecular flexibility index (Phi) is 5.25. The first-order valence-corrected chi connectivity index (χ1v) is 10.1. The van der Waals surface area contributed by atoms with E-state index in [-0.39, 0.29) is 10.6 Å². The monoisotopic (exact) mass is 405 g/mol. The van der Waals surface area contributed by atoms with Crippen LogP contribution in [-0.4, -0.2) is 18.2 Å². The lowest BCUT2D eigenvalue weighted by atomic mass is 9.92.